The number of hydrogen-bond donors (Lipinski definition) is 0. The average Bonchev–Trinajstić information content (AvgIpc) is 3.09. The Bertz CT molecular complexity index is 1090. The maximum atomic E-state index is 13.3. The van der Waals surface area contributed by atoms with Crippen LogP contribution in [0.15, 0.2) is 64.3 Å². The fraction of sp³-hybridized carbons (Fsp3) is 0.348. The summed E-state index contributed by atoms with van der Waals surface area (Å²) in [4.78, 5) is 29.0. The van der Waals surface area contributed by atoms with Crippen molar-refractivity contribution in [2.45, 2.75) is 30.6 Å². The minimum Gasteiger partial charge on any atom is -0.338 e. The zero-order valence-corrected chi connectivity index (χ0v) is 18.1. The topological polar surface area (TPSA) is 60.1 Å². The molecular weight excluding hydrogens is 396 g/mol. The Morgan fingerprint density at radius 2 is 1.87 bits per heavy atom. The summed E-state index contributed by atoms with van der Waals surface area (Å²) in [6, 6.07) is 17.4. The van der Waals surface area contributed by atoms with Crippen LogP contribution in [-0.2, 0) is 7.05 Å². The molecule has 7 heteroatoms. The normalized spacial score (nSPS) is 16.6. The Labute approximate surface area is 180 Å². The third-order valence-electron chi connectivity index (χ3n) is 5.46. The molecule has 30 heavy (non-hydrogen) atoms. The Kier molecular flexibility index (Phi) is 6.08. The van der Waals surface area contributed by atoms with Gasteiger partial charge in [0, 0.05) is 31.0 Å². The van der Waals surface area contributed by atoms with E-state index in [0.29, 0.717) is 6.54 Å². The van der Waals surface area contributed by atoms with Gasteiger partial charge >= 0.3 is 5.69 Å². The van der Waals surface area contributed by atoms with E-state index in [2.05, 4.69) is 12.0 Å². The van der Waals surface area contributed by atoms with Gasteiger partial charge in [-0.25, -0.2) is 14.0 Å². The van der Waals surface area contributed by atoms with Crippen LogP contribution in [0.4, 0.5) is 0 Å². The van der Waals surface area contributed by atoms with Crippen LogP contribution in [-0.4, -0.2) is 44.0 Å². The lowest BCUT2D eigenvalue weighted by Crippen LogP contribution is -2.40. The van der Waals surface area contributed by atoms with Crippen LogP contribution in [0.2, 0.25) is 0 Å². The van der Waals surface area contributed by atoms with E-state index in [0.717, 1.165) is 47.1 Å². The second-order valence-electron chi connectivity index (χ2n) is 7.45. The van der Waals surface area contributed by atoms with E-state index in [1.807, 2.05) is 59.5 Å². The highest BCUT2D eigenvalue weighted by Gasteiger charge is 2.30. The van der Waals surface area contributed by atoms with Gasteiger partial charge in [-0.15, -0.1) is 11.8 Å². The monoisotopic (exact) mass is 422 g/mol. The van der Waals surface area contributed by atoms with Gasteiger partial charge in [0.25, 0.3) is 5.91 Å². The number of carbonyl (C=O) groups is 1. The number of benzene rings is 2. The van der Waals surface area contributed by atoms with Gasteiger partial charge in [-0.05, 0) is 42.9 Å². The van der Waals surface area contributed by atoms with Crippen LogP contribution >= 0.6 is 11.8 Å². The molecule has 4 rings (SSSR count). The number of aryl methyl sites for hydroxylation is 1. The van der Waals surface area contributed by atoms with Crippen molar-refractivity contribution < 1.29 is 4.79 Å². The molecule has 1 aliphatic rings. The number of hydrogen-bond acceptors (Lipinski definition) is 4. The van der Waals surface area contributed by atoms with Gasteiger partial charge in [-0.3, -0.25) is 4.79 Å². The van der Waals surface area contributed by atoms with Crippen LogP contribution in [0.5, 0.6) is 0 Å². The SMILES string of the molecule is CCSc1ccccc1C(=O)N1CCC[C@@H](c2nn(C)c(=O)n2-c2ccccc2)C1. The minimum atomic E-state index is -0.163. The maximum Gasteiger partial charge on any atom is 0.350 e. The first-order valence-corrected chi connectivity index (χ1v) is 11.3. The average molecular weight is 423 g/mol. The van der Waals surface area contributed by atoms with Gasteiger partial charge < -0.3 is 4.90 Å². The van der Waals surface area contributed by atoms with Gasteiger partial charge in [-0.1, -0.05) is 37.3 Å². The Morgan fingerprint density at radius 3 is 2.63 bits per heavy atom. The van der Waals surface area contributed by atoms with Crippen molar-refractivity contribution in [3.8, 4) is 5.69 Å². The molecule has 3 aromatic rings. The maximum absolute atomic E-state index is 13.3. The van der Waals surface area contributed by atoms with Crippen molar-refractivity contribution in [1.29, 1.82) is 0 Å². The zero-order valence-electron chi connectivity index (χ0n) is 17.3. The van der Waals surface area contributed by atoms with Crippen molar-refractivity contribution in [1.82, 2.24) is 19.2 Å². The predicted octanol–water partition coefficient (Wildman–Crippen LogP) is 3.70. The molecular formula is C23H26N4O2S. The molecule has 2 heterocycles. The molecule has 2 aromatic carbocycles. The van der Waals surface area contributed by atoms with Crippen LogP contribution in [0.25, 0.3) is 5.69 Å². The summed E-state index contributed by atoms with van der Waals surface area (Å²) in [6.07, 6.45) is 1.79. The second kappa shape index (κ2) is 8.92. The van der Waals surface area contributed by atoms with E-state index in [1.54, 1.807) is 23.4 Å². The molecule has 0 saturated carbocycles. The predicted molar refractivity (Wildman–Crippen MR) is 120 cm³/mol. The highest BCUT2D eigenvalue weighted by atomic mass is 32.2. The fourth-order valence-corrected chi connectivity index (χ4v) is 4.83. The number of likely N-dealkylation sites (tertiary alicyclic amines) is 1. The summed E-state index contributed by atoms with van der Waals surface area (Å²) in [5, 5.41) is 4.55. The van der Waals surface area contributed by atoms with Crippen LogP contribution < -0.4 is 5.69 Å². The molecule has 1 aliphatic heterocycles. The molecule has 1 amide bonds. The Hall–Kier alpha value is -2.80. The Morgan fingerprint density at radius 1 is 1.13 bits per heavy atom. The number of piperidine rings is 1. The lowest BCUT2D eigenvalue weighted by molar-refractivity contribution is 0.0700. The number of carbonyl (C=O) groups excluding carboxylic acids is 1. The molecule has 0 unspecified atom stereocenters. The summed E-state index contributed by atoms with van der Waals surface area (Å²) in [6.45, 7) is 3.38. The van der Waals surface area contributed by atoms with Crippen LogP contribution in [0, 0.1) is 0 Å². The van der Waals surface area contributed by atoms with E-state index in [1.165, 1.54) is 4.68 Å². The number of aromatic nitrogens is 3. The van der Waals surface area contributed by atoms with Gasteiger partial charge in [0.05, 0.1) is 11.3 Å². The Balaban J connectivity index is 1.64. The fourth-order valence-electron chi connectivity index (χ4n) is 4.04. The molecule has 1 atom stereocenters. The summed E-state index contributed by atoms with van der Waals surface area (Å²) in [5.74, 6) is 1.72. The molecule has 0 radical (unpaired) electrons. The van der Waals surface area contributed by atoms with E-state index < -0.39 is 0 Å². The van der Waals surface area contributed by atoms with Crippen molar-refractivity contribution in [3.05, 3.63) is 76.5 Å². The second-order valence-corrected chi connectivity index (χ2v) is 8.76. The van der Waals surface area contributed by atoms with Gasteiger partial charge in [0.2, 0.25) is 0 Å². The van der Waals surface area contributed by atoms with E-state index in [4.69, 9.17) is 0 Å². The first-order chi connectivity index (χ1) is 14.6. The van der Waals surface area contributed by atoms with Crippen molar-refractivity contribution in [2.24, 2.45) is 7.05 Å². The van der Waals surface area contributed by atoms with E-state index in [-0.39, 0.29) is 17.5 Å². The lowest BCUT2D eigenvalue weighted by atomic mass is 9.96. The number of amides is 1. The lowest BCUT2D eigenvalue weighted by Gasteiger charge is -2.32. The summed E-state index contributed by atoms with van der Waals surface area (Å²) < 4.78 is 3.07. The molecule has 6 nitrogen and oxygen atoms in total. The molecule has 1 saturated heterocycles. The number of thioether (sulfide) groups is 1. The van der Waals surface area contributed by atoms with E-state index in [9.17, 15) is 9.59 Å². The zero-order chi connectivity index (χ0) is 21.1. The number of rotatable bonds is 5. The van der Waals surface area contributed by atoms with E-state index >= 15 is 0 Å². The van der Waals surface area contributed by atoms with Crippen molar-refractivity contribution in [3.63, 3.8) is 0 Å². The molecule has 0 spiro atoms. The summed E-state index contributed by atoms with van der Waals surface area (Å²) in [7, 11) is 1.68. The number of para-hydroxylation sites is 1. The van der Waals surface area contributed by atoms with Gasteiger partial charge in [0.15, 0.2) is 0 Å². The first-order valence-electron chi connectivity index (χ1n) is 10.3. The quantitative estimate of drug-likeness (QED) is 0.588. The largest absolute Gasteiger partial charge is 0.350 e. The van der Waals surface area contributed by atoms with Crippen molar-refractivity contribution in [2.75, 3.05) is 18.8 Å². The minimum absolute atomic E-state index is 0.0165. The standard InChI is InChI=1S/C23H26N4O2S/c1-3-30-20-14-8-7-13-19(20)22(28)26-15-9-10-17(16-26)21-24-25(2)23(29)27(21)18-11-5-4-6-12-18/h4-8,11-14,17H,3,9-10,15-16H2,1-2H3/t17-/m1/s1. The highest BCUT2D eigenvalue weighted by Crippen LogP contribution is 2.29. The highest BCUT2D eigenvalue weighted by molar-refractivity contribution is 7.99. The van der Waals surface area contributed by atoms with Crippen LogP contribution in [0.1, 0.15) is 41.9 Å². The third kappa shape index (κ3) is 3.94. The molecule has 0 bridgehead atoms. The first kappa shape index (κ1) is 20.5. The van der Waals surface area contributed by atoms with Crippen LogP contribution in [0.3, 0.4) is 0 Å². The molecule has 0 aliphatic carbocycles. The number of nitrogens with zero attached hydrogens (tertiary/aromatic N) is 4. The molecule has 1 aromatic heterocycles. The van der Waals surface area contributed by atoms with Gasteiger partial charge in [-0.2, -0.15) is 5.10 Å². The van der Waals surface area contributed by atoms with Gasteiger partial charge in [0.1, 0.15) is 5.82 Å². The smallest absolute Gasteiger partial charge is 0.338 e. The summed E-state index contributed by atoms with van der Waals surface area (Å²) in [5.41, 5.74) is 1.40. The molecule has 156 valence electrons. The summed E-state index contributed by atoms with van der Waals surface area (Å²) >= 11 is 1.69. The molecule has 0 N–H and O–H groups in total. The van der Waals surface area contributed by atoms with Crippen molar-refractivity contribution >= 4 is 17.7 Å². The molecule has 1 fully saturated rings. The third-order valence-corrected chi connectivity index (χ3v) is 6.41.